The highest BCUT2D eigenvalue weighted by Crippen LogP contribution is 2.25. The number of amides is 2. The molecule has 3 rings (SSSR count). The van der Waals surface area contributed by atoms with Gasteiger partial charge >= 0.3 is 0 Å². The van der Waals surface area contributed by atoms with Crippen LogP contribution in [0.4, 0.5) is 11.4 Å². The third-order valence-corrected chi connectivity index (χ3v) is 4.98. The average molecular weight is 426 g/mol. The summed E-state index contributed by atoms with van der Waals surface area (Å²) in [5, 5.41) is 18.5. The highest BCUT2D eigenvalue weighted by Gasteiger charge is 2.26. The van der Waals surface area contributed by atoms with E-state index in [1.165, 1.54) is 12.1 Å². The van der Waals surface area contributed by atoms with Gasteiger partial charge in [-0.25, -0.2) is 0 Å². The second-order valence-corrected chi connectivity index (χ2v) is 7.58. The fraction of sp³-hybridized carbons (Fsp3) is 0.182. The lowest BCUT2D eigenvalue weighted by atomic mass is 10.0. The van der Waals surface area contributed by atoms with E-state index in [0.717, 1.165) is 16.8 Å². The number of halogens is 1. The van der Waals surface area contributed by atoms with Gasteiger partial charge in [0.2, 0.25) is 5.91 Å². The van der Waals surface area contributed by atoms with E-state index in [2.05, 4.69) is 10.6 Å². The minimum absolute atomic E-state index is 0.0512. The molecule has 30 heavy (non-hydrogen) atoms. The van der Waals surface area contributed by atoms with Crippen molar-refractivity contribution < 1.29 is 14.5 Å². The van der Waals surface area contributed by atoms with E-state index in [-0.39, 0.29) is 28.1 Å². The molecule has 2 amide bonds. The number of hydrogen-bond acceptors (Lipinski definition) is 4. The molecule has 2 N–H and O–H groups in total. The number of rotatable bonds is 6. The summed E-state index contributed by atoms with van der Waals surface area (Å²) in [7, 11) is 0. The Balaban J connectivity index is 1.77. The molecule has 7 nitrogen and oxygen atoms in total. The van der Waals surface area contributed by atoms with Crippen molar-refractivity contribution in [3.05, 3.63) is 81.4 Å². The van der Waals surface area contributed by atoms with Crippen LogP contribution < -0.4 is 10.6 Å². The Morgan fingerprint density at radius 1 is 1.00 bits per heavy atom. The van der Waals surface area contributed by atoms with Crippen molar-refractivity contribution in [1.29, 1.82) is 0 Å². The number of nitrogens with zero attached hydrogens (tertiary/aromatic N) is 1. The Bertz CT molecular complexity index is 1130. The van der Waals surface area contributed by atoms with Crippen molar-refractivity contribution >= 4 is 45.6 Å². The van der Waals surface area contributed by atoms with Gasteiger partial charge in [0.15, 0.2) is 0 Å². The van der Waals surface area contributed by atoms with Gasteiger partial charge in [-0.1, -0.05) is 55.8 Å². The summed E-state index contributed by atoms with van der Waals surface area (Å²) in [4.78, 5) is 35.8. The number of nitro benzene ring substituents is 1. The van der Waals surface area contributed by atoms with Crippen LogP contribution in [0, 0.1) is 16.0 Å². The second kappa shape index (κ2) is 8.92. The smallest absolute Gasteiger partial charge is 0.288 e. The number of nitro groups is 1. The first-order valence-corrected chi connectivity index (χ1v) is 9.68. The van der Waals surface area contributed by atoms with Gasteiger partial charge in [-0.05, 0) is 41.0 Å². The molecule has 0 aliphatic rings. The molecule has 0 aromatic heterocycles. The Kier molecular flexibility index (Phi) is 6.32. The lowest BCUT2D eigenvalue weighted by molar-refractivity contribution is -0.384. The molecule has 8 heteroatoms. The highest BCUT2D eigenvalue weighted by atomic mass is 35.5. The zero-order valence-electron chi connectivity index (χ0n) is 16.4. The molecule has 0 aliphatic heterocycles. The van der Waals surface area contributed by atoms with Gasteiger partial charge in [-0.3, -0.25) is 19.7 Å². The van der Waals surface area contributed by atoms with Crippen molar-refractivity contribution in [2.45, 2.75) is 19.9 Å². The standard InChI is InChI=1S/C22H20ClN3O4/c1-13(2)20(25-21(27)16-8-10-18(23)19(12-16)26(29)30)22(28)24-17-9-7-14-5-3-4-6-15(14)11-17/h3-13,20H,1-2H3,(H,24,28)(H,25,27)/t20-/m0/s1. The van der Waals surface area contributed by atoms with Gasteiger partial charge < -0.3 is 10.6 Å². The first-order valence-electron chi connectivity index (χ1n) is 9.30. The predicted molar refractivity (Wildman–Crippen MR) is 117 cm³/mol. The van der Waals surface area contributed by atoms with Gasteiger partial charge in [0, 0.05) is 17.3 Å². The zero-order valence-corrected chi connectivity index (χ0v) is 17.1. The van der Waals surface area contributed by atoms with Crippen molar-refractivity contribution in [2.75, 3.05) is 5.32 Å². The van der Waals surface area contributed by atoms with E-state index in [0.29, 0.717) is 5.69 Å². The first kappa shape index (κ1) is 21.3. The first-order chi connectivity index (χ1) is 14.3. The molecule has 0 spiro atoms. The molecule has 3 aromatic rings. The molecule has 0 radical (unpaired) electrons. The fourth-order valence-electron chi connectivity index (χ4n) is 3.04. The summed E-state index contributed by atoms with van der Waals surface area (Å²) < 4.78 is 0. The quantitative estimate of drug-likeness (QED) is 0.437. The van der Waals surface area contributed by atoms with Crippen LogP contribution in [-0.4, -0.2) is 22.8 Å². The van der Waals surface area contributed by atoms with Crippen LogP contribution in [0.3, 0.4) is 0 Å². The lowest BCUT2D eigenvalue weighted by Crippen LogP contribution is -2.47. The molecule has 0 heterocycles. The van der Waals surface area contributed by atoms with E-state index in [1.54, 1.807) is 19.9 Å². The van der Waals surface area contributed by atoms with Crippen LogP contribution in [0.15, 0.2) is 60.7 Å². The van der Waals surface area contributed by atoms with Gasteiger partial charge in [0.1, 0.15) is 11.1 Å². The molecule has 1 atom stereocenters. The topological polar surface area (TPSA) is 101 Å². The van der Waals surface area contributed by atoms with E-state index >= 15 is 0 Å². The molecular formula is C22H20ClN3O4. The van der Waals surface area contributed by atoms with Gasteiger partial charge in [0.25, 0.3) is 11.6 Å². The van der Waals surface area contributed by atoms with Crippen LogP contribution in [0.1, 0.15) is 24.2 Å². The largest absolute Gasteiger partial charge is 0.340 e. The molecule has 3 aromatic carbocycles. The monoisotopic (exact) mass is 425 g/mol. The Morgan fingerprint density at radius 2 is 1.70 bits per heavy atom. The molecular weight excluding hydrogens is 406 g/mol. The molecule has 0 unspecified atom stereocenters. The summed E-state index contributed by atoms with van der Waals surface area (Å²) in [6.45, 7) is 3.60. The summed E-state index contributed by atoms with van der Waals surface area (Å²) in [5.41, 5.74) is 0.294. The van der Waals surface area contributed by atoms with Crippen molar-refractivity contribution in [1.82, 2.24) is 5.32 Å². The Hall–Kier alpha value is -3.45. The van der Waals surface area contributed by atoms with E-state index in [9.17, 15) is 19.7 Å². The number of hydrogen-bond donors (Lipinski definition) is 2. The van der Waals surface area contributed by atoms with Crippen molar-refractivity contribution in [2.24, 2.45) is 5.92 Å². The van der Waals surface area contributed by atoms with Crippen LogP contribution >= 0.6 is 11.6 Å². The third kappa shape index (κ3) is 4.75. The van der Waals surface area contributed by atoms with Gasteiger partial charge in [-0.2, -0.15) is 0 Å². The maximum absolute atomic E-state index is 12.8. The van der Waals surface area contributed by atoms with Gasteiger partial charge in [-0.15, -0.1) is 0 Å². The molecule has 0 fully saturated rings. The summed E-state index contributed by atoms with van der Waals surface area (Å²) in [6.07, 6.45) is 0. The number of benzene rings is 3. The molecule has 0 saturated carbocycles. The maximum atomic E-state index is 12.8. The second-order valence-electron chi connectivity index (χ2n) is 7.17. The fourth-order valence-corrected chi connectivity index (χ4v) is 3.23. The minimum atomic E-state index is -0.835. The Morgan fingerprint density at radius 3 is 2.37 bits per heavy atom. The SMILES string of the molecule is CC(C)[C@H](NC(=O)c1ccc(Cl)c([N+](=O)[O-])c1)C(=O)Nc1ccc2ccccc2c1. The van der Waals surface area contributed by atoms with E-state index < -0.39 is 16.9 Å². The number of fused-ring (bicyclic) bond motifs is 1. The molecule has 0 bridgehead atoms. The number of anilines is 1. The average Bonchev–Trinajstić information content (AvgIpc) is 2.71. The summed E-state index contributed by atoms with van der Waals surface area (Å²) in [6, 6.07) is 16.2. The molecule has 0 aliphatic carbocycles. The third-order valence-electron chi connectivity index (χ3n) is 4.66. The van der Waals surface area contributed by atoms with Crippen molar-refractivity contribution in [3.63, 3.8) is 0 Å². The molecule has 154 valence electrons. The Labute approximate surface area is 178 Å². The summed E-state index contributed by atoms with van der Waals surface area (Å²) in [5.74, 6) is -1.18. The van der Waals surface area contributed by atoms with Crippen LogP contribution in [0.2, 0.25) is 5.02 Å². The zero-order chi connectivity index (χ0) is 21.8. The highest BCUT2D eigenvalue weighted by molar-refractivity contribution is 6.32. The number of nitrogens with one attached hydrogen (secondary N) is 2. The normalized spacial score (nSPS) is 11.9. The van der Waals surface area contributed by atoms with Crippen LogP contribution in [0.5, 0.6) is 0 Å². The minimum Gasteiger partial charge on any atom is -0.340 e. The van der Waals surface area contributed by atoms with Gasteiger partial charge in [0.05, 0.1) is 4.92 Å². The lowest BCUT2D eigenvalue weighted by Gasteiger charge is -2.22. The molecule has 0 saturated heterocycles. The summed E-state index contributed by atoms with van der Waals surface area (Å²) >= 11 is 5.80. The number of carbonyl (C=O) groups excluding carboxylic acids is 2. The van der Waals surface area contributed by atoms with Crippen molar-refractivity contribution in [3.8, 4) is 0 Å². The number of carbonyl (C=O) groups is 2. The predicted octanol–water partition coefficient (Wildman–Crippen LogP) is 4.79. The van der Waals surface area contributed by atoms with E-state index in [4.69, 9.17) is 11.6 Å². The van der Waals surface area contributed by atoms with Crippen LogP contribution in [-0.2, 0) is 4.79 Å². The maximum Gasteiger partial charge on any atom is 0.288 e. The van der Waals surface area contributed by atoms with E-state index in [1.807, 2.05) is 36.4 Å². The van der Waals surface area contributed by atoms with Crippen LogP contribution in [0.25, 0.3) is 10.8 Å².